The molecule has 0 spiro atoms. The molecule has 0 amide bonds. The molecule has 1 fully saturated rings. The summed E-state index contributed by atoms with van der Waals surface area (Å²) in [7, 11) is 0. The third kappa shape index (κ3) is 5.00. The summed E-state index contributed by atoms with van der Waals surface area (Å²) in [6.07, 6.45) is 11.8. The molecule has 2 aromatic rings. The first-order chi connectivity index (χ1) is 15.6. The largest absolute Gasteiger partial charge is 0.498 e. The van der Waals surface area contributed by atoms with Crippen LogP contribution in [0.5, 0.6) is 5.75 Å². The van der Waals surface area contributed by atoms with Gasteiger partial charge >= 0.3 is 0 Å². The van der Waals surface area contributed by atoms with Crippen LogP contribution >= 0.6 is 0 Å². The molecule has 2 nitrogen and oxygen atoms in total. The molecule has 4 heteroatoms. The van der Waals surface area contributed by atoms with Crippen molar-refractivity contribution in [3.05, 3.63) is 65.4 Å². The normalized spacial score (nSPS) is 23.4. The van der Waals surface area contributed by atoms with Crippen LogP contribution in [0.3, 0.4) is 0 Å². The maximum Gasteiger partial charge on any atom is 0.201 e. The Labute approximate surface area is 190 Å². The molecule has 1 heterocycles. The molecule has 1 saturated carbocycles. The first-order valence-electron chi connectivity index (χ1n) is 12.1. The zero-order valence-electron chi connectivity index (χ0n) is 19.2. The van der Waals surface area contributed by atoms with E-state index in [0.29, 0.717) is 30.1 Å². The Balaban J connectivity index is 1.36. The molecular formula is C28H34F2O2. The Morgan fingerprint density at radius 1 is 0.906 bits per heavy atom. The molecule has 0 aromatic heterocycles. The Kier molecular flexibility index (Phi) is 7.49. The molecule has 4 rings (SSSR count). The van der Waals surface area contributed by atoms with Gasteiger partial charge in [-0.2, -0.15) is 4.39 Å². The van der Waals surface area contributed by atoms with Gasteiger partial charge in [0.2, 0.25) is 5.82 Å². The second kappa shape index (κ2) is 10.5. The third-order valence-corrected chi connectivity index (χ3v) is 7.07. The summed E-state index contributed by atoms with van der Waals surface area (Å²) in [6, 6.07) is 11.1. The number of allylic oxidation sites excluding steroid dienone is 1. The highest BCUT2D eigenvalue weighted by molar-refractivity contribution is 5.65. The number of ether oxygens (including phenoxy) is 2. The number of hydrogen-bond donors (Lipinski definition) is 0. The summed E-state index contributed by atoms with van der Waals surface area (Å²) in [4.78, 5) is 0. The summed E-state index contributed by atoms with van der Waals surface area (Å²) >= 11 is 0. The van der Waals surface area contributed by atoms with E-state index in [0.717, 1.165) is 25.7 Å². The van der Waals surface area contributed by atoms with E-state index in [-0.39, 0.29) is 11.3 Å². The minimum Gasteiger partial charge on any atom is -0.498 e. The smallest absolute Gasteiger partial charge is 0.201 e. The van der Waals surface area contributed by atoms with Crippen LogP contribution in [-0.2, 0) is 4.74 Å². The lowest BCUT2D eigenvalue weighted by Gasteiger charge is -2.35. The van der Waals surface area contributed by atoms with Crippen LogP contribution in [0, 0.1) is 17.6 Å². The van der Waals surface area contributed by atoms with Gasteiger partial charge in [-0.05, 0) is 92.5 Å². The monoisotopic (exact) mass is 440 g/mol. The summed E-state index contributed by atoms with van der Waals surface area (Å²) in [5.74, 6) is -0.648. The topological polar surface area (TPSA) is 18.5 Å². The van der Waals surface area contributed by atoms with Crippen molar-refractivity contribution in [3.63, 3.8) is 0 Å². The van der Waals surface area contributed by atoms with E-state index in [1.54, 1.807) is 13.0 Å². The van der Waals surface area contributed by atoms with Crippen LogP contribution in [0.2, 0.25) is 0 Å². The van der Waals surface area contributed by atoms with Gasteiger partial charge in [-0.1, -0.05) is 37.6 Å². The molecule has 32 heavy (non-hydrogen) atoms. The number of halogens is 2. The van der Waals surface area contributed by atoms with Gasteiger partial charge in [-0.25, -0.2) is 4.39 Å². The minimum absolute atomic E-state index is 0.0406. The van der Waals surface area contributed by atoms with Gasteiger partial charge in [-0.3, -0.25) is 0 Å². The maximum absolute atomic E-state index is 14.5. The molecule has 1 aliphatic carbocycles. The summed E-state index contributed by atoms with van der Waals surface area (Å²) in [6.45, 7) is 4.27. The average molecular weight is 441 g/mol. The highest BCUT2D eigenvalue weighted by Gasteiger charge is 2.30. The van der Waals surface area contributed by atoms with Crippen molar-refractivity contribution in [2.45, 2.75) is 77.2 Å². The first kappa shape index (κ1) is 22.8. The van der Waals surface area contributed by atoms with Crippen molar-refractivity contribution in [2.75, 3.05) is 6.61 Å². The quantitative estimate of drug-likeness (QED) is 0.432. The molecule has 1 unspecified atom stereocenters. The van der Waals surface area contributed by atoms with Crippen molar-refractivity contribution in [1.29, 1.82) is 0 Å². The Morgan fingerprint density at radius 2 is 1.66 bits per heavy atom. The Hall–Kier alpha value is -2.36. The molecule has 172 valence electrons. The second-order valence-electron chi connectivity index (χ2n) is 9.15. The van der Waals surface area contributed by atoms with E-state index in [2.05, 4.69) is 19.1 Å². The highest BCUT2D eigenvalue weighted by atomic mass is 19.2. The lowest BCUT2D eigenvalue weighted by Crippen LogP contribution is -2.28. The lowest BCUT2D eigenvalue weighted by molar-refractivity contribution is 0.0446. The van der Waals surface area contributed by atoms with Crippen molar-refractivity contribution in [1.82, 2.24) is 0 Å². The van der Waals surface area contributed by atoms with E-state index < -0.39 is 11.6 Å². The van der Waals surface area contributed by atoms with E-state index in [4.69, 9.17) is 9.47 Å². The summed E-state index contributed by atoms with van der Waals surface area (Å²) in [5.41, 5.74) is 3.70. The fraction of sp³-hybridized carbons (Fsp3) is 0.500. The molecule has 2 aliphatic rings. The van der Waals surface area contributed by atoms with Gasteiger partial charge in [0.25, 0.3) is 0 Å². The van der Waals surface area contributed by atoms with E-state index in [1.165, 1.54) is 42.9 Å². The average Bonchev–Trinajstić information content (AvgIpc) is 2.83. The fourth-order valence-electron chi connectivity index (χ4n) is 5.27. The molecule has 1 aliphatic heterocycles. The second-order valence-corrected chi connectivity index (χ2v) is 9.15. The zero-order valence-corrected chi connectivity index (χ0v) is 19.2. The summed E-state index contributed by atoms with van der Waals surface area (Å²) in [5, 5.41) is 0. The van der Waals surface area contributed by atoms with Gasteiger partial charge in [0.1, 0.15) is 6.10 Å². The Bertz CT molecular complexity index is 927. The van der Waals surface area contributed by atoms with Gasteiger partial charge < -0.3 is 9.47 Å². The van der Waals surface area contributed by atoms with E-state index >= 15 is 0 Å². The standard InChI is InChI=1S/C28H34F2O2/c1-3-5-19-6-16-25(32-18-19)23-13-9-21(10-14-23)20-7-11-22(12-8-20)24-15-17-26(31-4-2)28(30)27(24)29/h7-8,11-12,15,17-18,21,23,25H,3-6,9-10,13-14,16H2,1-2H3. The molecule has 0 bridgehead atoms. The zero-order chi connectivity index (χ0) is 22.5. The van der Waals surface area contributed by atoms with Crippen molar-refractivity contribution >= 4 is 0 Å². The molecule has 0 saturated heterocycles. The molecule has 1 atom stereocenters. The van der Waals surface area contributed by atoms with Crippen LogP contribution in [0.4, 0.5) is 8.78 Å². The lowest BCUT2D eigenvalue weighted by atomic mass is 9.75. The predicted octanol–water partition coefficient (Wildman–Crippen LogP) is 8.17. The van der Waals surface area contributed by atoms with E-state index in [1.807, 2.05) is 18.4 Å². The van der Waals surface area contributed by atoms with Gasteiger partial charge in [0.15, 0.2) is 11.6 Å². The van der Waals surface area contributed by atoms with Crippen molar-refractivity contribution < 1.29 is 18.3 Å². The van der Waals surface area contributed by atoms with Gasteiger partial charge in [0, 0.05) is 5.56 Å². The maximum atomic E-state index is 14.5. The van der Waals surface area contributed by atoms with Crippen molar-refractivity contribution in [3.8, 4) is 16.9 Å². The fourth-order valence-corrected chi connectivity index (χ4v) is 5.27. The number of benzene rings is 2. The molecule has 2 aromatic carbocycles. The molecule has 0 radical (unpaired) electrons. The van der Waals surface area contributed by atoms with Crippen LogP contribution < -0.4 is 4.74 Å². The highest BCUT2D eigenvalue weighted by Crippen LogP contribution is 2.40. The van der Waals surface area contributed by atoms with Crippen LogP contribution in [-0.4, -0.2) is 12.7 Å². The van der Waals surface area contributed by atoms with Crippen LogP contribution in [0.1, 0.15) is 76.7 Å². The van der Waals surface area contributed by atoms with Crippen molar-refractivity contribution in [2.24, 2.45) is 5.92 Å². The van der Waals surface area contributed by atoms with Crippen LogP contribution in [0.15, 0.2) is 48.2 Å². The third-order valence-electron chi connectivity index (χ3n) is 7.07. The van der Waals surface area contributed by atoms with Gasteiger partial charge in [0.05, 0.1) is 12.9 Å². The van der Waals surface area contributed by atoms with Crippen LogP contribution in [0.25, 0.3) is 11.1 Å². The minimum atomic E-state index is -0.923. The summed E-state index contributed by atoms with van der Waals surface area (Å²) < 4.78 is 40.0. The molecule has 0 N–H and O–H groups in total. The number of hydrogen-bond acceptors (Lipinski definition) is 2. The first-order valence-corrected chi connectivity index (χ1v) is 12.1. The molecular weight excluding hydrogens is 406 g/mol. The Morgan fingerprint density at radius 3 is 2.28 bits per heavy atom. The van der Waals surface area contributed by atoms with E-state index in [9.17, 15) is 8.78 Å². The van der Waals surface area contributed by atoms with Gasteiger partial charge in [-0.15, -0.1) is 0 Å². The predicted molar refractivity (Wildman–Crippen MR) is 125 cm³/mol. The number of rotatable bonds is 7. The SMILES string of the molecule is CCCC1=COC(C2CCC(c3ccc(-c4ccc(OCC)c(F)c4F)cc3)CC2)CC1.